The summed E-state index contributed by atoms with van der Waals surface area (Å²) >= 11 is 8.29. The molecule has 19 heavy (non-hydrogen) atoms. The van der Waals surface area contributed by atoms with E-state index in [1.165, 1.54) is 0 Å². The van der Waals surface area contributed by atoms with E-state index in [9.17, 15) is 0 Å². The first-order valence-electron chi connectivity index (χ1n) is 6.02. The zero-order valence-electron chi connectivity index (χ0n) is 10.6. The summed E-state index contributed by atoms with van der Waals surface area (Å²) in [5.74, 6) is 1.65. The molecule has 1 atom stereocenters. The van der Waals surface area contributed by atoms with E-state index in [1.807, 2.05) is 49.4 Å². The third-order valence-corrected chi connectivity index (χ3v) is 3.75. The Morgan fingerprint density at radius 1 is 1.21 bits per heavy atom. The quantitative estimate of drug-likeness (QED) is 0.777. The lowest BCUT2D eigenvalue weighted by Crippen LogP contribution is -2.18. The molecule has 1 unspecified atom stereocenters. The second-order valence-corrected chi connectivity index (χ2v) is 6.06. The van der Waals surface area contributed by atoms with Crippen LogP contribution in [-0.4, -0.2) is 6.04 Å². The van der Waals surface area contributed by atoms with Crippen LogP contribution < -0.4 is 10.5 Å². The molecule has 0 aromatic heterocycles. The van der Waals surface area contributed by atoms with Crippen LogP contribution in [0.25, 0.3) is 0 Å². The number of rotatable bonds is 4. The number of para-hydroxylation sites is 1. The third-order valence-electron chi connectivity index (χ3n) is 2.62. The summed E-state index contributed by atoms with van der Waals surface area (Å²) in [6.45, 7) is 1.97. The van der Waals surface area contributed by atoms with Gasteiger partial charge in [-0.15, -0.1) is 0 Å². The maximum atomic E-state index is 6.04. The first kappa shape index (κ1) is 14.6. The van der Waals surface area contributed by atoms with E-state index in [1.54, 1.807) is 0 Å². The Hall–Kier alpha value is -0.780. The van der Waals surface area contributed by atoms with E-state index >= 15 is 0 Å². The minimum absolute atomic E-state index is 0.0654. The maximum Gasteiger partial charge on any atom is 0.140 e. The van der Waals surface area contributed by atoms with Gasteiger partial charge in [-0.25, -0.2) is 0 Å². The fraction of sp³-hybridized carbons (Fsp3) is 0.200. The van der Waals surface area contributed by atoms with Crippen LogP contribution in [0.2, 0.25) is 5.02 Å². The number of hydrogen-bond donors (Lipinski definition) is 1. The van der Waals surface area contributed by atoms with Crippen LogP contribution in [0, 0.1) is 3.57 Å². The lowest BCUT2D eigenvalue weighted by atomic mass is 10.1. The molecule has 0 aliphatic heterocycles. The third kappa shape index (κ3) is 4.09. The molecule has 0 aliphatic carbocycles. The molecule has 0 amide bonds. The Morgan fingerprint density at radius 3 is 2.63 bits per heavy atom. The smallest absolute Gasteiger partial charge is 0.140 e. The van der Waals surface area contributed by atoms with E-state index in [0.717, 1.165) is 27.1 Å². The second-order valence-electron chi connectivity index (χ2n) is 4.47. The van der Waals surface area contributed by atoms with Crippen LogP contribution in [0.15, 0.2) is 42.5 Å². The van der Waals surface area contributed by atoms with Gasteiger partial charge in [0.15, 0.2) is 0 Å². The van der Waals surface area contributed by atoms with Crippen LogP contribution >= 0.6 is 34.2 Å². The van der Waals surface area contributed by atoms with Gasteiger partial charge in [0.1, 0.15) is 11.5 Å². The van der Waals surface area contributed by atoms with Crippen LogP contribution in [-0.2, 0) is 6.42 Å². The maximum absolute atomic E-state index is 6.04. The number of nitrogens with two attached hydrogens (primary N) is 1. The largest absolute Gasteiger partial charge is 0.456 e. The fourth-order valence-corrected chi connectivity index (χ4v) is 2.49. The van der Waals surface area contributed by atoms with Crippen molar-refractivity contribution in [1.29, 1.82) is 0 Å². The van der Waals surface area contributed by atoms with Crippen molar-refractivity contribution in [3.8, 4) is 11.5 Å². The Bertz CT molecular complexity index is 572. The van der Waals surface area contributed by atoms with E-state index < -0.39 is 0 Å². The normalized spacial score (nSPS) is 12.2. The molecule has 0 radical (unpaired) electrons. The minimum atomic E-state index is 0.0654. The van der Waals surface area contributed by atoms with Crippen molar-refractivity contribution in [3.05, 3.63) is 56.6 Å². The summed E-state index contributed by atoms with van der Waals surface area (Å²) in [7, 11) is 0. The van der Waals surface area contributed by atoms with Crippen molar-refractivity contribution in [2.24, 2.45) is 5.73 Å². The molecule has 0 bridgehead atoms. The zero-order chi connectivity index (χ0) is 13.8. The molecule has 2 aromatic rings. The summed E-state index contributed by atoms with van der Waals surface area (Å²) in [6.07, 6.45) is 0.735. The summed E-state index contributed by atoms with van der Waals surface area (Å²) in [5, 5.41) is 0.700. The standard InChI is InChI=1S/C15H15ClINO/c1-10(18)8-11-9-12(16)6-7-14(11)19-15-5-3-2-4-13(15)17/h2-7,9-10H,8,18H2,1H3. The molecule has 2 aromatic carbocycles. The van der Waals surface area contributed by atoms with Crippen molar-refractivity contribution in [1.82, 2.24) is 0 Å². The lowest BCUT2D eigenvalue weighted by Gasteiger charge is -2.14. The molecule has 0 fully saturated rings. The van der Waals surface area contributed by atoms with E-state index in [4.69, 9.17) is 22.1 Å². The van der Waals surface area contributed by atoms with Gasteiger partial charge in [-0.3, -0.25) is 0 Å². The van der Waals surface area contributed by atoms with Crippen molar-refractivity contribution in [2.75, 3.05) is 0 Å². The SMILES string of the molecule is CC(N)Cc1cc(Cl)ccc1Oc1ccccc1I. The van der Waals surface area contributed by atoms with Crippen molar-refractivity contribution < 1.29 is 4.74 Å². The van der Waals surface area contributed by atoms with Gasteiger partial charge in [-0.1, -0.05) is 23.7 Å². The summed E-state index contributed by atoms with van der Waals surface area (Å²) < 4.78 is 7.05. The van der Waals surface area contributed by atoms with Gasteiger partial charge in [0.25, 0.3) is 0 Å². The summed E-state index contributed by atoms with van der Waals surface area (Å²) in [4.78, 5) is 0. The molecule has 2 N–H and O–H groups in total. The van der Waals surface area contributed by atoms with E-state index in [2.05, 4.69) is 22.6 Å². The van der Waals surface area contributed by atoms with Crippen LogP contribution in [0.1, 0.15) is 12.5 Å². The minimum Gasteiger partial charge on any atom is -0.456 e. The topological polar surface area (TPSA) is 35.2 Å². The summed E-state index contributed by atoms with van der Waals surface area (Å²) in [6, 6.07) is 13.6. The van der Waals surface area contributed by atoms with Crippen LogP contribution in [0.5, 0.6) is 11.5 Å². The average molecular weight is 388 g/mol. The number of ether oxygens (including phenoxy) is 1. The number of benzene rings is 2. The Morgan fingerprint density at radius 2 is 1.95 bits per heavy atom. The molecule has 4 heteroatoms. The monoisotopic (exact) mass is 387 g/mol. The zero-order valence-corrected chi connectivity index (χ0v) is 13.5. The Labute approximate surface area is 132 Å². The highest BCUT2D eigenvalue weighted by Gasteiger charge is 2.09. The highest BCUT2D eigenvalue weighted by atomic mass is 127. The van der Waals surface area contributed by atoms with Gasteiger partial charge in [0.2, 0.25) is 0 Å². The van der Waals surface area contributed by atoms with Gasteiger partial charge >= 0.3 is 0 Å². The molecule has 0 heterocycles. The molecule has 0 saturated heterocycles. The molecule has 0 saturated carbocycles. The predicted octanol–water partition coefficient (Wildman–Crippen LogP) is 4.63. The van der Waals surface area contributed by atoms with Gasteiger partial charge in [-0.2, -0.15) is 0 Å². The molecule has 2 rings (SSSR count). The van der Waals surface area contributed by atoms with Gasteiger partial charge in [0.05, 0.1) is 3.57 Å². The first-order valence-corrected chi connectivity index (χ1v) is 7.48. The molecule has 0 spiro atoms. The number of halogens is 2. The fourth-order valence-electron chi connectivity index (χ4n) is 1.80. The van der Waals surface area contributed by atoms with Crippen LogP contribution in [0.4, 0.5) is 0 Å². The highest BCUT2D eigenvalue weighted by molar-refractivity contribution is 14.1. The molecule has 2 nitrogen and oxygen atoms in total. The Balaban J connectivity index is 2.32. The highest BCUT2D eigenvalue weighted by Crippen LogP contribution is 2.31. The molecular weight excluding hydrogens is 373 g/mol. The van der Waals surface area contributed by atoms with E-state index in [0.29, 0.717) is 5.02 Å². The van der Waals surface area contributed by atoms with E-state index in [-0.39, 0.29) is 6.04 Å². The average Bonchev–Trinajstić information content (AvgIpc) is 2.34. The Kier molecular flexibility index (Phi) is 5.07. The van der Waals surface area contributed by atoms with Gasteiger partial charge < -0.3 is 10.5 Å². The summed E-state index contributed by atoms with van der Waals surface area (Å²) in [5.41, 5.74) is 6.90. The molecule has 100 valence electrons. The van der Waals surface area contributed by atoms with Crippen molar-refractivity contribution in [3.63, 3.8) is 0 Å². The second kappa shape index (κ2) is 6.59. The van der Waals surface area contributed by atoms with Crippen molar-refractivity contribution >= 4 is 34.2 Å². The first-order chi connectivity index (χ1) is 9.06. The van der Waals surface area contributed by atoms with Gasteiger partial charge in [-0.05, 0) is 71.8 Å². The lowest BCUT2D eigenvalue weighted by molar-refractivity contribution is 0.470. The van der Waals surface area contributed by atoms with Crippen LogP contribution in [0.3, 0.4) is 0 Å². The predicted molar refractivity (Wildman–Crippen MR) is 88.0 cm³/mol. The van der Waals surface area contributed by atoms with Gasteiger partial charge in [0, 0.05) is 11.1 Å². The van der Waals surface area contributed by atoms with Crippen molar-refractivity contribution in [2.45, 2.75) is 19.4 Å². The molecule has 0 aliphatic rings. The number of hydrogen-bond acceptors (Lipinski definition) is 2. The molecular formula is C15H15ClINO.